The van der Waals surface area contributed by atoms with E-state index in [1.54, 1.807) is 42.2 Å². The Morgan fingerprint density at radius 1 is 0.939 bits per heavy atom. The Hall–Kier alpha value is -4.40. The maximum absolute atomic E-state index is 14.6. The van der Waals surface area contributed by atoms with Crippen molar-refractivity contribution in [2.45, 2.75) is 6.92 Å². The molecule has 166 valence electrons. The summed E-state index contributed by atoms with van der Waals surface area (Å²) in [5.41, 5.74) is 0.0416. The van der Waals surface area contributed by atoms with Crippen molar-refractivity contribution in [2.24, 2.45) is 0 Å². The molecule has 0 fully saturated rings. The third-order valence-electron chi connectivity index (χ3n) is 5.23. The highest BCUT2D eigenvalue weighted by atomic mass is 19.1. The normalized spacial score (nSPS) is 13.6. The van der Waals surface area contributed by atoms with Gasteiger partial charge in [0.1, 0.15) is 17.3 Å². The fourth-order valence-corrected chi connectivity index (χ4v) is 3.73. The molecule has 0 aromatic heterocycles. The minimum atomic E-state index is -0.940. The maximum Gasteiger partial charge on any atom is 0.282 e. The van der Waals surface area contributed by atoms with Gasteiger partial charge in [-0.1, -0.05) is 18.2 Å². The van der Waals surface area contributed by atoms with Gasteiger partial charge in [0.25, 0.3) is 17.5 Å². The lowest BCUT2D eigenvalue weighted by molar-refractivity contribution is -0.384. The number of halogens is 2. The van der Waals surface area contributed by atoms with E-state index in [-0.39, 0.29) is 29.1 Å². The molecule has 1 aliphatic rings. The Bertz CT molecular complexity index is 1290. The predicted octanol–water partition coefficient (Wildman–Crippen LogP) is 4.68. The second-order valence-electron chi connectivity index (χ2n) is 7.15. The summed E-state index contributed by atoms with van der Waals surface area (Å²) in [5.74, 6) is -3.44. The molecule has 0 spiro atoms. The van der Waals surface area contributed by atoms with E-state index in [0.717, 1.165) is 18.2 Å². The molecule has 1 aliphatic heterocycles. The zero-order valence-corrected chi connectivity index (χ0v) is 17.4. The fourth-order valence-electron chi connectivity index (χ4n) is 3.73. The van der Waals surface area contributed by atoms with E-state index >= 15 is 0 Å². The second-order valence-corrected chi connectivity index (χ2v) is 7.15. The van der Waals surface area contributed by atoms with Crippen LogP contribution in [0, 0.1) is 21.7 Å². The zero-order valence-electron chi connectivity index (χ0n) is 17.4. The molecule has 2 amide bonds. The van der Waals surface area contributed by atoms with Crippen LogP contribution in [0.25, 0.3) is 5.57 Å². The number of imide groups is 1. The Morgan fingerprint density at radius 2 is 1.61 bits per heavy atom. The lowest BCUT2D eigenvalue weighted by Crippen LogP contribution is -2.36. The number of anilines is 2. The first-order valence-electron chi connectivity index (χ1n) is 9.99. The number of carbonyl (C=O) groups excluding carboxylic acids is 2. The summed E-state index contributed by atoms with van der Waals surface area (Å²) < 4.78 is 28.4. The molecule has 0 saturated heterocycles. The standard InChI is InChI=1S/C24H17F2N3O4/c1-2-27(17-6-4-3-5-7-17)22-21(15-8-11-18(12-9-15)29(32)33)23(30)28(24(22)31)20-14-16(25)10-13-19(20)26/h3-14H,2H2,1H3. The van der Waals surface area contributed by atoms with Crippen LogP contribution in [0.1, 0.15) is 12.5 Å². The van der Waals surface area contributed by atoms with Gasteiger partial charge in [-0.25, -0.2) is 13.7 Å². The second kappa shape index (κ2) is 8.62. The van der Waals surface area contributed by atoms with E-state index in [2.05, 4.69) is 0 Å². The first-order valence-corrected chi connectivity index (χ1v) is 9.99. The van der Waals surface area contributed by atoms with Crippen molar-refractivity contribution in [1.29, 1.82) is 0 Å². The largest absolute Gasteiger partial charge is 0.337 e. The number of nitro benzene ring substituents is 1. The number of hydrogen-bond donors (Lipinski definition) is 0. The molecular formula is C24H17F2N3O4. The minimum Gasteiger partial charge on any atom is -0.337 e. The van der Waals surface area contributed by atoms with Gasteiger partial charge in [0.15, 0.2) is 0 Å². The van der Waals surface area contributed by atoms with Crippen molar-refractivity contribution >= 4 is 34.4 Å². The average Bonchev–Trinajstić information content (AvgIpc) is 3.07. The van der Waals surface area contributed by atoms with Crippen LogP contribution >= 0.6 is 0 Å². The minimum absolute atomic E-state index is 0.0359. The van der Waals surface area contributed by atoms with Crippen LogP contribution in [0.3, 0.4) is 0 Å². The van der Waals surface area contributed by atoms with Crippen molar-refractivity contribution in [3.8, 4) is 0 Å². The van der Waals surface area contributed by atoms with Gasteiger partial charge in [0.05, 0.1) is 16.2 Å². The molecule has 0 N–H and O–H groups in total. The molecule has 3 aromatic carbocycles. The summed E-state index contributed by atoms with van der Waals surface area (Å²) >= 11 is 0. The van der Waals surface area contributed by atoms with Crippen LogP contribution in [0.5, 0.6) is 0 Å². The summed E-state index contributed by atoms with van der Waals surface area (Å²) in [5, 5.41) is 11.0. The maximum atomic E-state index is 14.6. The first-order chi connectivity index (χ1) is 15.8. The van der Waals surface area contributed by atoms with Crippen LogP contribution in [0.4, 0.5) is 25.8 Å². The number of amides is 2. The molecule has 9 heteroatoms. The van der Waals surface area contributed by atoms with Gasteiger partial charge < -0.3 is 4.90 Å². The summed E-state index contributed by atoms with van der Waals surface area (Å²) in [4.78, 5) is 39.6. The summed E-state index contributed by atoms with van der Waals surface area (Å²) in [7, 11) is 0. The number of carbonyl (C=O) groups is 2. The van der Waals surface area contributed by atoms with Crippen LogP contribution in [-0.4, -0.2) is 23.3 Å². The topological polar surface area (TPSA) is 83.8 Å². The quantitative estimate of drug-likeness (QED) is 0.310. The van der Waals surface area contributed by atoms with E-state index in [1.165, 1.54) is 24.3 Å². The molecule has 4 rings (SSSR count). The molecule has 0 radical (unpaired) electrons. The number of non-ortho nitro benzene ring substituents is 1. The molecule has 0 bridgehead atoms. The predicted molar refractivity (Wildman–Crippen MR) is 118 cm³/mol. The highest BCUT2D eigenvalue weighted by Gasteiger charge is 2.43. The fraction of sp³-hybridized carbons (Fsp3) is 0.0833. The van der Waals surface area contributed by atoms with Gasteiger partial charge in [-0.15, -0.1) is 0 Å². The lowest BCUT2D eigenvalue weighted by atomic mass is 10.0. The molecule has 0 atom stereocenters. The number of likely N-dealkylation sites (N-methyl/N-ethyl adjacent to an activating group) is 1. The number of benzene rings is 3. The monoisotopic (exact) mass is 449 g/mol. The molecule has 0 saturated carbocycles. The smallest absolute Gasteiger partial charge is 0.282 e. The van der Waals surface area contributed by atoms with E-state index < -0.39 is 34.1 Å². The third-order valence-corrected chi connectivity index (χ3v) is 5.23. The number of nitrogens with zero attached hydrogens (tertiary/aromatic N) is 3. The van der Waals surface area contributed by atoms with Gasteiger partial charge in [-0.05, 0) is 48.9 Å². The van der Waals surface area contributed by atoms with Gasteiger partial charge in [0, 0.05) is 30.4 Å². The molecule has 3 aromatic rings. The molecule has 0 aliphatic carbocycles. The van der Waals surface area contributed by atoms with E-state index in [0.29, 0.717) is 10.6 Å². The summed E-state index contributed by atoms with van der Waals surface area (Å²) in [6.45, 7) is 2.06. The number of nitro groups is 1. The zero-order chi connectivity index (χ0) is 23.7. The number of hydrogen-bond acceptors (Lipinski definition) is 5. The Morgan fingerprint density at radius 3 is 2.21 bits per heavy atom. The van der Waals surface area contributed by atoms with Crippen LogP contribution in [0.2, 0.25) is 0 Å². The van der Waals surface area contributed by atoms with E-state index in [1.807, 2.05) is 0 Å². The SMILES string of the molecule is CCN(C1=C(c2ccc([N+](=O)[O-])cc2)C(=O)N(c2cc(F)ccc2F)C1=O)c1ccccc1. The van der Waals surface area contributed by atoms with Crippen LogP contribution in [0.15, 0.2) is 78.5 Å². The van der Waals surface area contributed by atoms with Gasteiger partial charge in [0.2, 0.25) is 0 Å². The molecule has 7 nitrogen and oxygen atoms in total. The lowest BCUT2D eigenvalue weighted by Gasteiger charge is -2.25. The van der Waals surface area contributed by atoms with Crippen molar-refractivity contribution in [3.63, 3.8) is 0 Å². The van der Waals surface area contributed by atoms with Gasteiger partial charge in [-0.3, -0.25) is 19.7 Å². The van der Waals surface area contributed by atoms with Crippen molar-refractivity contribution in [2.75, 3.05) is 16.3 Å². The van der Waals surface area contributed by atoms with Gasteiger partial charge in [-0.2, -0.15) is 0 Å². The van der Waals surface area contributed by atoms with Crippen molar-refractivity contribution in [3.05, 3.63) is 106 Å². The Labute approximate surface area is 187 Å². The first kappa shape index (κ1) is 21.8. The molecule has 33 heavy (non-hydrogen) atoms. The third kappa shape index (κ3) is 3.84. The van der Waals surface area contributed by atoms with Crippen LogP contribution < -0.4 is 9.80 Å². The highest BCUT2D eigenvalue weighted by molar-refractivity contribution is 6.46. The molecule has 0 unspecified atom stereocenters. The summed E-state index contributed by atoms with van der Waals surface area (Å²) in [6.07, 6.45) is 0. The highest BCUT2D eigenvalue weighted by Crippen LogP contribution is 2.38. The molecular weight excluding hydrogens is 432 g/mol. The van der Waals surface area contributed by atoms with Crippen LogP contribution in [-0.2, 0) is 9.59 Å². The molecule has 1 heterocycles. The number of para-hydroxylation sites is 1. The van der Waals surface area contributed by atoms with E-state index in [4.69, 9.17) is 0 Å². The van der Waals surface area contributed by atoms with E-state index in [9.17, 15) is 28.5 Å². The summed E-state index contributed by atoms with van der Waals surface area (Å²) in [6, 6.07) is 16.4. The van der Waals surface area contributed by atoms with Crippen molar-refractivity contribution in [1.82, 2.24) is 0 Å². The number of rotatable bonds is 6. The Balaban J connectivity index is 1.92. The van der Waals surface area contributed by atoms with Gasteiger partial charge >= 0.3 is 0 Å². The Kier molecular flexibility index (Phi) is 5.70. The average molecular weight is 449 g/mol. The van der Waals surface area contributed by atoms with Crippen molar-refractivity contribution < 1.29 is 23.3 Å².